The molecule has 0 spiro atoms. The molecule has 5 rings (SSSR count). The molecule has 36 heavy (non-hydrogen) atoms. The van der Waals surface area contributed by atoms with Crippen LogP contribution >= 0.6 is 0 Å². The maximum Gasteiger partial charge on any atom is 0.416 e. The number of rotatable bonds is 7. The molecule has 1 saturated heterocycles. The molecule has 188 valence electrons. The van der Waals surface area contributed by atoms with E-state index in [0.29, 0.717) is 0 Å². The van der Waals surface area contributed by atoms with E-state index in [1.165, 1.54) is 34.4 Å². The summed E-state index contributed by atoms with van der Waals surface area (Å²) in [5, 5.41) is 0. The Hall–Kier alpha value is -2.92. The molecule has 1 fully saturated rings. The maximum absolute atomic E-state index is 13.2. The number of aryl methyl sites for hydroxylation is 1. The molecule has 5 heteroatoms. The lowest BCUT2D eigenvalue weighted by molar-refractivity contribution is -0.137. The minimum Gasteiger partial charge on any atom is -0.302 e. The van der Waals surface area contributed by atoms with Crippen molar-refractivity contribution in [3.63, 3.8) is 0 Å². The van der Waals surface area contributed by atoms with Gasteiger partial charge in [-0.1, -0.05) is 60.7 Å². The Morgan fingerprint density at radius 1 is 0.889 bits per heavy atom. The molecule has 1 aliphatic carbocycles. The van der Waals surface area contributed by atoms with Gasteiger partial charge in [0.15, 0.2) is 0 Å². The quantitative estimate of drug-likeness (QED) is 0.304. The summed E-state index contributed by atoms with van der Waals surface area (Å²) in [7, 11) is 0. The predicted octanol–water partition coefficient (Wildman–Crippen LogP) is 7.81. The van der Waals surface area contributed by atoms with Crippen molar-refractivity contribution in [2.75, 3.05) is 26.3 Å². The molecule has 1 heterocycles. The van der Waals surface area contributed by atoms with E-state index in [2.05, 4.69) is 48.2 Å². The highest BCUT2D eigenvalue weighted by Crippen LogP contribution is 2.45. The van der Waals surface area contributed by atoms with E-state index in [9.17, 15) is 17.6 Å². The van der Waals surface area contributed by atoms with Crippen LogP contribution in [0.25, 0.3) is 11.1 Å². The summed E-state index contributed by atoms with van der Waals surface area (Å²) in [5.41, 5.74) is 7.31. The molecular weight excluding hydrogens is 462 g/mol. The largest absolute Gasteiger partial charge is 0.416 e. The van der Waals surface area contributed by atoms with Gasteiger partial charge in [-0.05, 0) is 83.8 Å². The highest BCUT2D eigenvalue weighted by Gasteiger charge is 2.32. The van der Waals surface area contributed by atoms with E-state index in [0.717, 1.165) is 55.6 Å². The summed E-state index contributed by atoms with van der Waals surface area (Å²) in [6.07, 6.45) is -1.51. The van der Waals surface area contributed by atoms with Gasteiger partial charge in [0.1, 0.15) is 0 Å². The van der Waals surface area contributed by atoms with Gasteiger partial charge in [0.05, 0.1) is 12.2 Å². The molecule has 0 amide bonds. The van der Waals surface area contributed by atoms with Gasteiger partial charge in [-0.3, -0.25) is 4.39 Å². The van der Waals surface area contributed by atoms with Crippen LogP contribution in [0.5, 0.6) is 0 Å². The smallest absolute Gasteiger partial charge is 0.302 e. The number of benzene rings is 3. The molecule has 1 unspecified atom stereocenters. The van der Waals surface area contributed by atoms with Crippen molar-refractivity contribution in [2.24, 2.45) is 5.92 Å². The highest BCUT2D eigenvalue weighted by atomic mass is 19.4. The Kier molecular flexibility index (Phi) is 7.03. The molecule has 2 aliphatic rings. The Morgan fingerprint density at radius 2 is 1.58 bits per heavy atom. The lowest BCUT2D eigenvalue weighted by Crippen LogP contribution is -2.47. The van der Waals surface area contributed by atoms with Crippen LogP contribution in [0.3, 0.4) is 0 Å². The van der Waals surface area contributed by atoms with Crippen molar-refractivity contribution in [1.29, 1.82) is 0 Å². The third-order valence-corrected chi connectivity index (χ3v) is 7.69. The zero-order valence-corrected chi connectivity index (χ0v) is 20.5. The Balaban J connectivity index is 1.38. The molecular formula is C31H31F4N. The first-order valence-electron chi connectivity index (χ1n) is 12.7. The van der Waals surface area contributed by atoms with E-state index >= 15 is 0 Å². The zero-order chi connectivity index (χ0) is 25.3. The van der Waals surface area contributed by atoms with E-state index in [1.54, 1.807) is 12.1 Å². The molecule has 1 atom stereocenters. The maximum atomic E-state index is 13.2. The molecule has 0 N–H and O–H groups in total. The van der Waals surface area contributed by atoms with Crippen molar-refractivity contribution in [2.45, 2.75) is 38.3 Å². The third-order valence-electron chi connectivity index (χ3n) is 7.69. The van der Waals surface area contributed by atoms with Crippen LogP contribution in [0.2, 0.25) is 0 Å². The number of hydrogen-bond donors (Lipinski definition) is 0. The molecule has 3 aromatic rings. The highest BCUT2D eigenvalue weighted by molar-refractivity contribution is 5.95. The predicted molar refractivity (Wildman–Crippen MR) is 137 cm³/mol. The second-order valence-electron chi connectivity index (χ2n) is 10.2. The topological polar surface area (TPSA) is 3.24 Å². The van der Waals surface area contributed by atoms with Crippen LogP contribution in [-0.2, 0) is 19.0 Å². The SMILES string of the molecule is CC1=C(c2ccc(C(F)(F)F)cc2)C(c2ccc(CCCN3CC(CF)C3)cc2)Cc2ccccc21. The van der Waals surface area contributed by atoms with Gasteiger partial charge in [-0.25, -0.2) is 0 Å². The standard InChI is InChI=1S/C31H31F4N/c1-21-28-7-3-2-6-26(28)17-29(30(21)25-12-14-27(15-13-25)31(33,34)35)24-10-8-22(9-11-24)5-4-16-36-19-23(18-32)20-36/h2-3,6-15,23,29H,4-5,16-20H2,1H3. The van der Waals surface area contributed by atoms with Gasteiger partial charge in [-0.15, -0.1) is 0 Å². The fraction of sp³-hybridized carbons (Fsp3) is 0.355. The molecule has 1 nitrogen and oxygen atoms in total. The first-order chi connectivity index (χ1) is 17.3. The van der Waals surface area contributed by atoms with Crippen LogP contribution in [0.1, 0.15) is 52.6 Å². The van der Waals surface area contributed by atoms with Gasteiger partial charge >= 0.3 is 6.18 Å². The average Bonchev–Trinajstić information content (AvgIpc) is 2.85. The lowest BCUT2D eigenvalue weighted by atomic mass is 9.73. The summed E-state index contributed by atoms with van der Waals surface area (Å²) in [4.78, 5) is 2.31. The van der Waals surface area contributed by atoms with Crippen molar-refractivity contribution in [3.8, 4) is 0 Å². The zero-order valence-electron chi connectivity index (χ0n) is 20.5. The average molecular weight is 494 g/mol. The molecule has 0 saturated carbocycles. The normalized spacial score (nSPS) is 18.8. The van der Waals surface area contributed by atoms with E-state index in [1.807, 2.05) is 12.1 Å². The minimum atomic E-state index is -4.35. The lowest BCUT2D eigenvalue weighted by Gasteiger charge is -2.37. The van der Waals surface area contributed by atoms with E-state index < -0.39 is 11.7 Å². The van der Waals surface area contributed by atoms with Gasteiger partial charge in [0.25, 0.3) is 0 Å². The molecule has 3 aromatic carbocycles. The van der Waals surface area contributed by atoms with Crippen LogP contribution < -0.4 is 0 Å². The first kappa shape index (κ1) is 24.8. The molecule has 0 bridgehead atoms. The Bertz CT molecular complexity index is 1220. The fourth-order valence-electron chi connectivity index (χ4n) is 5.71. The van der Waals surface area contributed by atoms with E-state index in [4.69, 9.17) is 0 Å². The van der Waals surface area contributed by atoms with Gasteiger partial charge in [-0.2, -0.15) is 13.2 Å². The van der Waals surface area contributed by atoms with Gasteiger partial charge in [0.2, 0.25) is 0 Å². The van der Waals surface area contributed by atoms with Crippen LogP contribution in [-0.4, -0.2) is 31.2 Å². The first-order valence-corrected chi connectivity index (χ1v) is 12.7. The summed E-state index contributed by atoms with van der Waals surface area (Å²) in [6, 6.07) is 22.6. The van der Waals surface area contributed by atoms with Gasteiger partial charge < -0.3 is 4.90 Å². The molecule has 0 radical (unpaired) electrons. The van der Waals surface area contributed by atoms with Crippen LogP contribution in [0.15, 0.2) is 72.8 Å². The summed E-state index contributed by atoms with van der Waals surface area (Å²) < 4.78 is 52.1. The van der Waals surface area contributed by atoms with Crippen molar-refractivity contribution in [1.82, 2.24) is 4.90 Å². The number of halogens is 4. The van der Waals surface area contributed by atoms with E-state index in [-0.39, 0.29) is 18.5 Å². The van der Waals surface area contributed by atoms with Gasteiger partial charge in [0, 0.05) is 24.9 Å². The third kappa shape index (κ3) is 5.12. The summed E-state index contributed by atoms with van der Waals surface area (Å²) in [5.74, 6) is 0.296. The number of nitrogens with zero attached hydrogens (tertiary/aromatic N) is 1. The number of hydrogen-bond acceptors (Lipinski definition) is 1. The fourth-order valence-corrected chi connectivity index (χ4v) is 5.71. The second-order valence-corrected chi connectivity index (χ2v) is 10.2. The summed E-state index contributed by atoms with van der Waals surface area (Å²) >= 11 is 0. The Morgan fingerprint density at radius 3 is 2.25 bits per heavy atom. The number of fused-ring (bicyclic) bond motifs is 1. The second kappa shape index (κ2) is 10.2. The van der Waals surface area contributed by atoms with Crippen molar-refractivity contribution >= 4 is 11.1 Å². The minimum absolute atomic E-state index is 0.0735. The van der Waals surface area contributed by atoms with Crippen molar-refractivity contribution in [3.05, 3.63) is 106 Å². The number of likely N-dealkylation sites (tertiary alicyclic amines) is 1. The van der Waals surface area contributed by atoms with Crippen LogP contribution in [0, 0.1) is 5.92 Å². The molecule has 0 aromatic heterocycles. The Labute approximate surface area is 210 Å². The van der Waals surface area contributed by atoms with Crippen LogP contribution in [0.4, 0.5) is 17.6 Å². The summed E-state index contributed by atoms with van der Waals surface area (Å²) in [6.45, 7) is 4.60. The van der Waals surface area contributed by atoms with Crippen molar-refractivity contribution < 1.29 is 17.6 Å². The number of allylic oxidation sites excluding steroid dienone is 2. The number of alkyl halides is 4. The molecule has 1 aliphatic heterocycles. The monoisotopic (exact) mass is 493 g/mol.